The molecule has 0 unspecified atom stereocenters. The van der Waals surface area contributed by atoms with Gasteiger partial charge in [-0.3, -0.25) is 4.79 Å². The summed E-state index contributed by atoms with van der Waals surface area (Å²) in [7, 11) is -3.71. The zero-order valence-corrected chi connectivity index (χ0v) is 16.2. The topological polar surface area (TPSA) is 75.7 Å². The first-order chi connectivity index (χ1) is 13.5. The van der Waals surface area contributed by atoms with Gasteiger partial charge in [0.25, 0.3) is 0 Å². The summed E-state index contributed by atoms with van der Waals surface area (Å²) in [6.45, 7) is 4.67. The molecule has 2 atom stereocenters. The van der Waals surface area contributed by atoms with E-state index in [9.17, 15) is 13.2 Å². The quantitative estimate of drug-likeness (QED) is 0.728. The standard InChI is InChI=1S/C21H22N2O4S/c1-2-12-27-19-10-8-18(9-11-19)22-20(24)21-13-17(21)15-23(28(21,25)26)14-16-6-4-3-5-7-16/h2-11,17H,1,12-15H2,(H,22,24)/t17-,21-/m0/s1. The average Bonchev–Trinajstić information content (AvgIpc) is 3.39. The number of rotatable bonds is 7. The van der Waals surface area contributed by atoms with Crippen LogP contribution >= 0.6 is 0 Å². The molecule has 0 radical (unpaired) electrons. The van der Waals surface area contributed by atoms with Gasteiger partial charge in [-0.05, 0) is 36.2 Å². The number of anilines is 1. The lowest BCUT2D eigenvalue weighted by atomic mass is 10.2. The van der Waals surface area contributed by atoms with Crippen molar-refractivity contribution >= 4 is 21.6 Å². The van der Waals surface area contributed by atoms with E-state index < -0.39 is 20.7 Å². The highest BCUT2D eigenvalue weighted by Crippen LogP contribution is 2.58. The van der Waals surface area contributed by atoms with E-state index in [-0.39, 0.29) is 5.92 Å². The van der Waals surface area contributed by atoms with Crippen molar-refractivity contribution in [2.75, 3.05) is 18.5 Å². The maximum atomic E-state index is 13.1. The van der Waals surface area contributed by atoms with Gasteiger partial charge in [0.15, 0.2) is 4.75 Å². The molecule has 2 fully saturated rings. The summed E-state index contributed by atoms with van der Waals surface area (Å²) in [6, 6.07) is 16.3. The Morgan fingerprint density at radius 2 is 1.93 bits per heavy atom. The van der Waals surface area contributed by atoms with E-state index in [2.05, 4.69) is 11.9 Å². The molecule has 0 bridgehead atoms. The minimum absolute atomic E-state index is 0.156. The van der Waals surface area contributed by atoms with Gasteiger partial charge in [0.05, 0.1) is 0 Å². The van der Waals surface area contributed by atoms with Crippen LogP contribution in [-0.4, -0.2) is 36.5 Å². The summed E-state index contributed by atoms with van der Waals surface area (Å²) < 4.78 is 31.7. The smallest absolute Gasteiger partial charge is 0.247 e. The van der Waals surface area contributed by atoms with Gasteiger partial charge < -0.3 is 10.1 Å². The van der Waals surface area contributed by atoms with Crippen molar-refractivity contribution in [2.24, 2.45) is 5.92 Å². The lowest BCUT2D eigenvalue weighted by Gasteiger charge is -2.21. The fourth-order valence-corrected chi connectivity index (χ4v) is 6.12. The third-order valence-corrected chi connectivity index (χ3v) is 7.90. The zero-order chi connectivity index (χ0) is 19.8. The van der Waals surface area contributed by atoms with E-state index in [1.807, 2.05) is 30.3 Å². The van der Waals surface area contributed by atoms with Crippen molar-refractivity contribution in [3.05, 3.63) is 72.8 Å². The van der Waals surface area contributed by atoms with Gasteiger partial charge >= 0.3 is 0 Å². The van der Waals surface area contributed by atoms with Gasteiger partial charge in [0.1, 0.15) is 12.4 Å². The molecular weight excluding hydrogens is 376 g/mol. The Morgan fingerprint density at radius 3 is 2.61 bits per heavy atom. The Hall–Kier alpha value is -2.64. The highest BCUT2D eigenvalue weighted by atomic mass is 32.2. The molecule has 1 saturated heterocycles. The van der Waals surface area contributed by atoms with Crippen LogP contribution in [-0.2, 0) is 21.4 Å². The summed E-state index contributed by atoms with van der Waals surface area (Å²) in [5, 5.41) is 2.77. The molecule has 2 aromatic rings. The molecule has 6 nitrogen and oxygen atoms in total. The lowest BCUT2D eigenvalue weighted by Crippen LogP contribution is -2.41. The van der Waals surface area contributed by atoms with Crippen molar-refractivity contribution in [3.63, 3.8) is 0 Å². The van der Waals surface area contributed by atoms with Gasteiger partial charge in [-0.2, -0.15) is 4.31 Å². The Kier molecular flexibility index (Phi) is 4.72. The molecule has 2 aromatic carbocycles. The maximum Gasteiger partial charge on any atom is 0.247 e. The third kappa shape index (κ3) is 3.10. The molecule has 1 aliphatic heterocycles. The monoisotopic (exact) mass is 398 g/mol. The first-order valence-corrected chi connectivity index (χ1v) is 10.6. The molecule has 1 N–H and O–H groups in total. The van der Waals surface area contributed by atoms with Crippen LogP contribution in [0.3, 0.4) is 0 Å². The normalized spacial score (nSPS) is 24.9. The number of carbonyl (C=O) groups is 1. The van der Waals surface area contributed by atoms with Crippen molar-refractivity contribution in [2.45, 2.75) is 17.7 Å². The average molecular weight is 398 g/mol. The summed E-state index contributed by atoms with van der Waals surface area (Å²) in [6.07, 6.45) is 2.03. The van der Waals surface area contributed by atoms with E-state index in [1.54, 1.807) is 30.3 Å². The number of carbonyl (C=O) groups excluding carboxylic acids is 1. The van der Waals surface area contributed by atoms with Crippen LogP contribution in [0.25, 0.3) is 0 Å². The number of amides is 1. The molecule has 0 spiro atoms. The van der Waals surface area contributed by atoms with E-state index in [4.69, 9.17) is 4.74 Å². The highest BCUT2D eigenvalue weighted by Gasteiger charge is 2.75. The van der Waals surface area contributed by atoms with Crippen LogP contribution in [0.5, 0.6) is 5.75 Å². The minimum Gasteiger partial charge on any atom is -0.490 e. The molecule has 1 heterocycles. The number of hydrogen-bond acceptors (Lipinski definition) is 4. The first kappa shape index (κ1) is 18.7. The molecule has 2 aliphatic rings. The summed E-state index contributed by atoms with van der Waals surface area (Å²) in [5.41, 5.74) is 1.46. The third-order valence-electron chi connectivity index (χ3n) is 5.34. The predicted molar refractivity (Wildman–Crippen MR) is 107 cm³/mol. The van der Waals surface area contributed by atoms with Gasteiger partial charge in [-0.15, -0.1) is 0 Å². The van der Waals surface area contributed by atoms with Crippen molar-refractivity contribution < 1.29 is 17.9 Å². The van der Waals surface area contributed by atoms with E-state index in [0.717, 1.165) is 5.56 Å². The Balaban J connectivity index is 1.47. The zero-order valence-electron chi connectivity index (χ0n) is 15.4. The summed E-state index contributed by atoms with van der Waals surface area (Å²) in [5.74, 6) is 0.0483. The number of hydrogen-bond donors (Lipinski definition) is 1. The molecule has 1 amide bonds. The Bertz CT molecular complexity index is 989. The van der Waals surface area contributed by atoms with Gasteiger partial charge in [-0.25, -0.2) is 8.42 Å². The van der Waals surface area contributed by atoms with Gasteiger partial charge in [0.2, 0.25) is 15.9 Å². The van der Waals surface area contributed by atoms with E-state index in [1.165, 1.54) is 4.31 Å². The van der Waals surface area contributed by atoms with Crippen LogP contribution in [0, 0.1) is 5.92 Å². The number of ether oxygens (including phenoxy) is 1. The molecule has 4 rings (SSSR count). The van der Waals surface area contributed by atoms with Crippen LogP contribution in [0.1, 0.15) is 12.0 Å². The number of nitrogens with zero attached hydrogens (tertiary/aromatic N) is 1. The van der Waals surface area contributed by atoms with E-state index >= 15 is 0 Å². The van der Waals surface area contributed by atoms with Crippen molar-refractivity contribution in [3.8, 4) is 5.75 Å². The first-order valence-electron chi connectivity index (χ1n) is 9.16. The number of nitrogens with one attached hydrogen (secondary N) is 1. The van der Waals surface area contributed by atoms with Crippen LogP contribution in [0.2, 0.25) is 0 Å². The lowest BCUT2D eigenvalue weighted by molar-refractivity contribution is -0.116. The number of sulfonamides is 1. The molecule has 28 heavy (non-hydrogen) atoms. The molecule has 1 saturated carbocycles. The summed E-state index contributed by atoms with van der Waals surface area (Å²) >= 11 is 0. The van der Waals surface area contributed by atoms with Crippen LogP contribution < -0.4 is 10.1 Å². The van der Waals surface area contributed by atoms with Gasteiger partial charge in [-0.1, -0.05) is 43.0 Å². The van der Waals surface area contributed by atoms with Crippen molar-refractivity contribution in [1.29, 1.82) is 0 Å². The second-order valence-corrected chi connectivity index (χ2v) is 9.35. The summed E-state index contributed by atoms with van der Waals surface area (Å²) in [4.78, 5) is 12.9. The minimum atomic E-state index is -3.71. The SMILES string of the molecule is C=CCOc1ccc(NC(=O)[C@]23C[C@H]2CN(Cc2ccccc2)S3(=O)=O)cc1. The number of fused-ring (bicyclic) bond motifs is 1. The Morgan fingerprint density at radius 1 is 1.21 bits per heavy atom. The number of benzene rings is 2. The molecule has 7 heteroatoms. The Labute approximate surface area is 164 Å². The molecule has 1 aliphatic carbocycles. The molecule has 146 valence electrons. The molecular formula is C21H22N2O4S. The second-order valence-electron chi connectivity index (χ2n) is 7.15. The van der Waals surface area contributed by atoms with Gasteiger partial charge in [0, 0.05) is 24.7 Å². The largest absolute Gasteiger partial charge is 0.490 e. The van der Waals surface area contributed by atoms with Crippen LogP contribution in [0.4, 0.5) is 5.69 Å². The predicted octanol–water partition coefficient (Wildman–Crippen LogP) is 2.79. The molecule has 0 aromatic heterocycles. The highest BCUT2D eigenvalue weighted by molar-refractivity contribution is 7.92. The fourth-order valence-electron chi connectivity index (χ4n) is 3.77. The maximum absolute atomic E-state index is 13.1. The van der Waals surface area contributed by atoms with Crippen LogP contribution in [0.15, 0.2) is 67.3 Å². The second kappa shape index (κ2) is 7.07. The fraction of sp³-hybridized carbons (Fsp3) is 0.286. The van der Waals surface area contributed by atoms with Crippen molar-refractivity contribution in [1.82, 2.24) is 4.31 Å². The van der Waals surface area contributed by atoms with E-state index in [0.29, 0.717) is 37.6 Å².